The fourth-order valence-corrected chi connectivity index (χ4v) is 3.48. The number of rotatable bonds is 6. The molecule has 2 aromatic carbocycles. The maximum absolute atomic E-state index is 12.8. The molecule has 3 aromatic rings. The highest BCUT2D eigenvalue weighted by atomic mass is 16.5. The molecule has 0 aliphatic carbocycles. The van der Waals surface area contributed by atoms with Crippen molar-refractivity contribution in [3.63, 3.8) is 0 Å². The zero-order valence-electron chi connectivity index (χ0n) is 16.2. The molecule has 0 saturated heterocycles. The summed E-state index contributed by atoms with van der Waals surface area (Å²) >= 11 is 0. The second-order valence-electron chi connectivity index (χ2n) is 7.12. The van der Waals surface area contributed by atoms with Gasteiger partial charge < -0.3 is 9.84 Å². The van der Waals surface area contributed by atoms with E-state index in [0.717, 1.165) is 29.7 Å². The smallest absolute Gasteiger partial charge is 0.335 e. The van der Waals surface area contributed by atoms with Crippen LogP contribution in [0, 0.1) is 0 Å². The van der Waals surface area contributed by atoms with Crippen LogP contribution in [0.4, 0.5) is 0 Å². The predicted octanol–water partition coefficient (Wildman–Crippen LogP) is 4.22. The third kappa shape index (κ3) is 3.78. The summed E-state index contributed by atoms with van der Waals surface area (Å²) in [6.07, 6.45) is 4.85. The standard InChI is InChI=1S/C23H22N2O4/c1-2-3-12-29-18-7-4-15(5-8-18)13-16-10-11-25-21(16)24-20-14-17(23(27)28)6-9-19(20)22(25)26/h4-9,13-14H,2-3,10-12H2,1H3,(H,27,28). The van der Waals surface area contributed by atoms with Crippen LogP contribution in [0.3, 0.4) is 0 Å². The SMILES string of the molecule is CCCCOc1ccc(C=C2CCn3c2nc2cc(C(=O)O)ccc2c3=O)cc1. The maximum Gasteiger partial charge on any atom is 0.335 e. The molecule has 2 heterocycles. The molecular formula is C23H22N2O4. The van der Waals surface area contributed by atoms with Gasteiger partial charge in [-0.05, 0) is 60.4 Å². The van der Waals surface area contributed by atoms with Gasteiger partial charge in [0, 0.05) is 6.54 Å². The Kier molecular flexibility index (Phi) is 5.16. The Hall–Kier alpha value is -3.41. The number of carbonyl (C=O) groups is 1. The van der Waals surface area contributed by atoms with Crippen molar-refractivity contribution in [2.45, 2.75) is 32.7 Å². The van der Waals surface area contributed by atoms with Crippen molar-refractivity contribution in [3.05, 3.63) is 69.8 Å². The first-order chi connectivity index (χ1) is 14.1. The van der Waals surface area contributed by atoms with Crippen LogP contribution in [0.1, 0.15) is 47.9 Å². The molecule has 1 aliphatic heterocycles. The van der Waals surface area contributed by atoms with Gasteiger partial charge in [-0.1, -0.05) is 25.5 Å². The lowest BCUT2D eigenvalue weighted by Gasteiger charge is -2.07. The number of carboxylic acids is 1. The van der Waals surface area contributed by atoms with Crippen molar-refractivity contribution in [1.82, 2.24) is 9.55 Å². The van der Waals surface area contributed by atoms with Crippen LogP contribution in [0.2, 0.25) is 0 Å². The zero-order chi connectivity index (χ0) is 20.4. The molecule has 0 unspecified atom stereocenters. The molecule has 148 valence electrons. The summed E-state index contributed by atoms with van der Waals surface area (Å²) in [6, 6.07) is 12.3. The Morgan fingerprint density at radius 3 is 2.76 bits per heavy atom. The topological polar surface area (TPSA) is 81.4 Å². The van der Waals surface area contributed by atoms with Gasteiger partial charge in [-0.15, -0.1) is 0 Å². The van der Waals surface area contributed by atoms with Crippen molar-refractivity contribution in [1.29, 1.82) is 0 Å². The summed E-state index contributed by atoms with van der Waals surface area (Å²) < 4.78 is 7.36. The minimum absolute atomic E-state index is 0.122. The number of carboxylic acid groups (broad SMARTS) is 1. The van der Waals surface area contributed by atoms with Crippen LogP contribution in [-0.4, -0.2) is 27.2 Å². The van der Waals surface area contributed by atoms with Gasteiger partial charge in [0.15, 0.2) is 0 Å². The van der Waals surface area contributed by atoms with Gasteiger partial charge >= 0.3 is 5.97 Å². The Bertz CT molecular complexity index is 1160. The normalized spacial score (nSPS) is 14.3. The highest BCUT2D eigenvalue weighted by molar-refractivity contribution is 5.93. The van der Waals surface area contributed by atoms with E-state index in [2.05, 4.69) is 11.9 Å². The van der Waals surface area contributed by atoms with Crippen LogP contribution in [-0.2, 0) is 6.54 Å². The molecule has 1 aromatic heterocycles. The molecule has 0 saturated carbocycles. The average Bonchev–Trinajstić information content (AvgIpc) is 3.12. The quantitative estimate of drug-likeness (QED) is 0.638. The number of ether oxygens (including phenoxy) is 1. The number of nitrogens with zero attached hydrogens (tertiary/aromatic N) is 2. The van der Waals surface area contributed by atoms with E-state index in [1.54, 1.807) is 10.6 Å². The third-order valence-electron chi connectivity index (χ3n) is 5.08. The summed E-state index contributed by atoms with van der Waals surface area (Å²) in [6.45, 7) is 3.41. The Balaban J connectivity index is 1.67. The molecule has 0 fully saturated rings. The Labute approximate surface area is 168 Å². The van der Waals surface area contributed by atoms with Crippen LogP contribution < -0.4 is 10.3 Å². The van der Waals surface area contributed by atoms with Gasteiger partial charge in [-0.3, -0.25) is 9.36 Å². The van der Waals surface area contributed by atoms with E-state index in [1.807, 2.05) is 30.3 Å². The van der Waals surface area contributed by atoms with Crippen molar-refractivity contribution in [2.24, 2.45) is 0 Å². The minimum atomic E-state index is -1.04. The summed E-state index contributed by atoms with van der Waals surface area (Å²) in [7, 11) is 0. The largest absolute Gasteiger partial charge is 0.494 e. The van der Waals surface area contributed by atoms with Crippen molar-refractivity contribution < 1.29 is 14.6 Å². The van der Waals surface area contributed by atoms with Gasteiger partial charge in [0.05, 0.1) is 23.1 Å². The van der Waals surface area contributed by atoms with Crippen molar-refractivity contribution >= 4 is 28.5 Å². The molecule has 0 spiro atoms. The summed E-state index contributed by atoms with van der Waals surface area (Å²) in [5.41, 5.74) is 2.37. The number of unbranched alkanes of at least 4 members (excludes halogenated alkanes) is 1. The van der Waals surface area contributed by atoms with Gasteiger partial charge in [-0.25, -0.2) is 9.78 Å². The highest BCUT2D eigenvalue weighted by Crippen LogP contribution is 2.28. The maximum atomic E-state index is 12.8. The molecule has 0 radical (unpaired) electrons. The molecule has 1 N–H and O–H groups in total. The zero-order valence-corrected chi connectivity index (χ0v) is 16.2. The van der Waals surface area contributed by atoms with Crippen LogP contribution in [0.15, 0.2) is 47.3 Å². The molecule has 4 rings (SSSR count). The van der Waals surface area contributed by atoms with Gasteiger partial charge in [-0.2, -0.15) is 0 Å². The molecular weight excluding hydrogens is 368 g/mol. The van der Waals surface area contributed by atoms with E-state index >= 15 is 0 Å². The fraction of sp³-hybridized carbons (Fsp3) is 0.261. The van der Waals surface area contributed by atoms with Gasteiger partial charge in [0.1, 0.15) is 11.6 Å². The van der Waals surface area contributed by atoms with E-state index in [-0.39, 0.29) is 11.1 Å². The first-order valence-corrected chi connectivity index (χ1v) is 9.78. The Morgan fingerprint density at radius 1 is 1.24 bits per heavy atom. The van der Waals surface area contributed by atoms with E-state index in [4.69, 9.17) is 4.74 Å². The van der Waals surface area contributed by atoms with E-state index in [9.17, 15) is 14.7 Å². The lowest BCUT2D eigenvalue weighted by atomic mass is 10.1. The van der Waals surface area contributed by atoms with Gasteiger partial charge in [0.25, 0.3) is 5.56 Å². The second-order valence-corrected chi connectivity index (χ2v) is 7.12. The molecule has 0 bridgehead atoms. The third-order valence-corrected chi connectivity index (χ3v) is 5.08. The van der Waals surface area contributed by atoms with E-state index < -0.39 is 5.97 Å². The number of allylic oxidation sites excluding steroid dienone is 1. The summed E-state index contributed by atoms with van der Waals surface area (Å²) in [5.74, 6) is 0.411. The lowest BCUT2D eigenvalue weighted by molar-refractivity contribution is 0.0697. The molecule has 0 atom stereocenters. The van der Waals surface area contributed by atoms with Crippen molar-refractivity contribution in [3.8, 4) is 5.75 Å². The number of fused-ring (bicyclic) bond motifs is 2. The predicted molar refractivity (Wildman–Crippen MR) is 112 cm³/mol. The summed E-state index contributed by atoms with van der Waals surface area (Å²) in [5, 5.41) is 9.65. The molecule has 1 aliphatic rings. The Morgan fingerprint density at radius 2 is 2.03 bits per heavy atom. The average molecular weight is 390 g/mol. The number of aromatic carboxylic acids is 1. The molecule has 0 amide bonds. The number of hydrogen-bond acceptors (Lipinski definition) is 4. The van der Waals surface area contributed by atoms with E-state index in [0.29, 0.717) is 36.3 Å². The van der Waals surface area contributed by atoms with Crippen LogP contribution >= 0.6 is 0 Å². The van der Waals surface area contributed by atoms with Crippen LogP contribution in [0.25, 0.3) is 22.6 Å². The molecule has 29 heavy (non-hydrogen) atoms. The number of aromatic nitrogens is 2. The monoisotopic (exact) mass is 390 g/mol. The minimum Gasteiger partial charge on any atom is -0.494 e. The second kappa shape index (κ2) is 7.91. The molecule has 6 heteroatoms. The first kappa shape index (κ1) is 18.9. The van der Waals surface area contributed by atoms with Crippen molar-refractivity contribution in [2.75, 3.05) is 6.61 Å². The van der Waals surface area contributed by atoms with Gasteiger partial charge in [0.2, 0.25) is 0 Å². The van der Waals surface area contributed by atoms with E-state index in [1.165, 1.54) is 12.1 Å². The number of benzene rings is 2. The first-order valence-electron chi connectivity index (χ1n) is 9.78. The summed E-state index contributed by atoms with van der Waals surface area (Å²) in [4.78, 5) is 28.7. The lowest BCUT2D eigenvalue weighted by Crippen LogP contribution is -2.20. The molecule has 6 nitrogen and oxygen atoms in total. The fourth-order valence-electron chi connectivity index (χ4n) is 3.48. The highest BCUT2D eigenvalue weighted by Gasteiger charge is 2.21. The van der Waals surface area contributed by atoms with Crippen LogP contribution in [0.5, 0.6) is 5.75 Å². The number of hydrogen-bond donors (Lipinski definition) is 1.